The first-order chi connectivity index (χ1) is 11.7. The Morgan fingerprint density at radius 2 is 2.00 bits per heavy atom. The van der Waals surface area contributed by atoms with E-state index in [0.29, 0.717) is 25.1 Å². The second kappa shape index (κ2) is 7.89. The van der Waals surface area contributed by atoms with Crippen molar-refractivity contribution in [3.8, 4) is 0 Å². The van der Waals surface area contributed by atoms with Gasteiger partial charge in [0, 0.05) is 20.1 Å². The summed E-state index contributed by atoms with van der Waals surface area (Å²) in [6.07, 6.45) is -2.27. The van der Waals surface area contributed by atoms with E-state index >= 15 is 0 Å². The number of unbranched alkanes of at least 4 members (excludes halogenated alkanes) is 1. The lowest BCUT2D eigenvalue weighted by molar-refractivity contribution is -0.150. The number of nitrogens with zero attached hydrogens (tertiary/aromatic N) is 2. The maximum Gasteiger partial charge on any atom is 0.416 e. The number of amides is 2. The van der Waals surface area contributed by atoms with Crippen LogP contribution in [0.2, 0.25) is 0 Å². The molecule has 0 aliphatic carbocycles. The third-order valence-corrected chi connectivity index (χ3v) is 4.47. The summed E-state index contributed by atoms with van der Waals surface area (Å²) in [6, 6.07) is 4.27. The monoisotopic (exact) mass is 356 g/mol. The molecule has 0 saturated carbocycles. The number of carbonyl (C=O) groups is 2. The summed E-state index contributed by atoms with van der Waals surface area (Å²) in [5, 5.41) is 0. The summed E-state index contributed by atoms with van der Waals surface area (Å²) in [6.45, 7) is 2.86. The van der Waals surface area contributed by atoms with E-state index in [2.05, 4.69) is 0 Å². The van der Waals surface area contributed by atoms with Crippen molar-refractivity contribution in [3.05, 3.63) is 35.4 Å². The Labute approximate surface area is 145 Å². The van der Waals surface area contributed by atoms with Crippen molar-refractivity contribution in [1.82, 2.24) is 9.80 Å². The Morgan fingerprint density at radius 3 is 2.64 bits per heavy atom. The maximum atomic E-state index is 12.8. The molecular weight excluding hydrogens is 333 g/mol. The van der Waals surface area contributed by atoms with Gasteiger partial charge in [-0.3, -0.25) is 9.59 Å². The van der Waals surface area contributed by atoms with E-state index in [1.807, 2.05) is 6.92 Å². The molecule has 1 aromatic rings. The summed E-state index contributed by atoms with van der Waals surface area (Å²) in [4.78, 5) is 28.1. The Morgan fingerprint density at radius 1 is 1.28 bits per heavy atom. The predicted octanol–water partition coefficient (Wildman–Crippen LogP) is 3.11. The van der Waals surface area contributed by atoms with Gasteiger partial charge in [0.2, 0.25) is 11.8 Å². The van der Waals surface area contributed by atoms with Crippen LogP contribution in [0.15, 0.2) is 24.3 Å². The van der Waals surface area contributed by atoms with Crippen LogP contribution in [-0.4, -0.2) is 47.8 Å². The molecule has 7 heteroatoms. The van der Waals surface area contributed by atoms with Crippen molar-refractivity contribution < 1.29 is 22.8 Å². The van der Waals surface area contributed by atoms with E-state index in [1.54, 1.807) is 11.9 Å². The zero-order chi connectivity index (χ0) is 18.6. The number of hydrogen-bond acceptors (Lipinski definition) is 2. The van der Waals surface area contributed by atoms with E-state index in [-0.39, 0.29) is 18.2 Å². The third-order valence-electron chi connectivity index (χ3n) is 4.47. The quantitative estimate of drug-likeness (QED) is 0.813. The zero-order valence-corrected chi connectivity index (χ0v) is 14.5. The molecule has 1 saturated heterocycles. The lowest BCUT2D eigenvalue weighted by Gasteiger charge is -2.39. The fourth-order valence-corrected chi connectivity index (χ4v) is 3.02. The van der Waals surface area contributed by atoms with Gasteiger partial charge in [0.15, 0.2) is 0 Å². The second-order valence-electron chi connectivity index (χ2n) is 6.38. The van der Waals surface area contributed by atoms with Crippen LogP contribution in [0.4, 0.5) is 13.2 Å². The minimum Gasteiger partial charge on any atom is -0.342 e. The summed E-state index contributed by atoms with van der Waals surface area (Å²) in [7, 11) is 1.70. The molecule has 0 N–H and O–H groups in total. The minimum atomic E-state index is -4.44. The van der Waals surface area contributed by atoms with E-state index < -0.39 is 17.8 Å². The number of alkyl halides is 3. The average molecular weight is 356 g/mol. The van der Waals surface area contributed by atoms with E-state index in [1.165, 1.54) is 17.0 Å². The lowest BCUT2D eigenvalue weighted by atomic mass is 10.0. The molecule has 0 spiro atoms. The zero-order valence-electron chi connectivity index (χ0n) is 14.5. The van der Waals surface area contributed by atoms with Gasteiger partial charge in [-0.25, -0.2) is 0 Å². The van der Waals surface area contributed by atoms with Crippen LogP contribution in [0.3, 0.4) is 0 Å². The van der Waals surface area contributed by atoms with Crippen molar-refractivity contribution >= 4 is 11.8 Å². The molecule has 1 fully saturated rings. The van der Waals surface area contributed by atoms with Gasteiger partial charge in [0.05, 0.1) is 12.0 Å². The van der Waals surface area contributed by atoms with E-state index in [0.717, 1.165) is 25.0 Å². The van der Waals surface area contributed by atoms with Gasteiger partial charge in [-0.05, 0) is 18.1 Å². The number of likely N-dealkylation sites (N-methyl/N-ethyl adjacent to an activating group) is 1. The number of rotatable bonds is 5. The molecule has 0 unspecified atom stereocenters. The topological polar surface area (TPSA) is 40.6 Å². The largest absolute Gasteiger partial charge is 0.416 e. The highest BCUT2D eigenvalue weighted by Crippen LogP contribution is 2.29. The van der Waals surface area contributed by atoms with Crippen LogP contribution >= 0.6 is 0 Å². The minimum absolute atomic E-state index is 0.0999. The van der Waals surface area contributed by atoms with Gasteiger partial charge in [-0.2, -0.15) is 13.2 Å². The molecule has 1 heterocycles. The van der Waals surface area contributed by atoms with E-state index in [9.17, 15) is 22.8 Å². The van der Waals surface area contributed by atoms with Gasteiger partial charge in [-0.1, -0.05) is 38.0 Å². The normalized spacial score (nSPS) is 18.6. The summed E-state index contributed by atoms with van der Waals surface area (Å²) >= 11 is 0. The number of halogens is 3. The van der Waals surface area contributed by atoms with Crippen LogP contribution < -0.4 is 0 Å². The molecule has 1 aliphatic rings. The standard InChI is InChI=1S/C18H23F3N2O2/c1-3-4-8-15-17(25)22(2)9-10-23(15)16(24)12-13-6-5-7-14(11-13)18(19,20)21/h5-7,11,15H,3-4,8-10,12H2,1-2H3/t15-/m0/s1. The second-order valence-corrected chi connectivity index (χ2v) is 6.38. The molecule has 0 bridgehead atoms. The lowest BCUT2D eigenvalue weighted by Crippen LogP contribution is -2.57. The average Bonchev–Trinajstić information content (AvgIpc) is 2.55. The van der Waals surface area contributed by atoms with Crippen molar-refractivity contribution in [2.24, 2.45) is 0 Å². The summed E-state index contributed by atoms with van der Waals surface area (Å²) in [5.41, 5.74) is -0.463. The number of piperazine rings is 1. The summed E-state index contributed by atoms with van der Waals surface area (Å²) in [5.74, 6) is -0.404. The fraction of sp³-hybridized carbons (Fsp3) is 0.556. The third kappa shape index (κ3) is 4.74. The fourth-order valence-electron chi connectivity index (χ4n) is 3.02. The first-order valence-electron chi connectivity index (χ1n) is 8.44. The molecule has 2 amide bonds. The van der Waals surface area contributed by atoms with Crippen LogP contribution in [-0.2, 0) is 22.2 Å². The SMILES string of the molecule is CCCC[C@H]1C(=O)N(C)CCN1C(=O)Cc1cccc(C(F)(F)F)c1. The smallest absolute Gasteiger partial charge is 0.342 e. The van der Waals surface area contributed by atoms with Crippen LogP contribution in [0.5, 0.6) is 0 Å². The number of hydrogen-bond donors (Lipinski definition) is 0. The molecule has 1 atom stereocenters. The highest BCUT2D eigenvalue weighted by Gasteiger charge is 2.35. The molecule has 1 aliphatic heterocycles. The Hall–Kier alpha value is -2.05. The molecule has 2 rings (SSSR count). The van der Waals surface area contributed by atoms with Crippen molar-refractivity contribution in [1.29, 1.82) is 0 Å². The maximum absolute atomic E-state index is 12.8. The molecule has 25 heavy (non-hydrogen) atoms. The summed E-state index contributed by atoms with van der Waals surface area (Å²) < 4.78 is 38.4. The molecular formula is C18H23F3N2O2. The van der Waals surface area contributed by atoms with Gasteiger partial charge in [0.25, 0.3) is 0 Å². The van der Waals surface area contributed by atoms with Gasteiger partial charge < -0.3 is 9.80 Å². The Bertz CT molecular complexity index is 631. The van der Waals surface area contributed by atoms with Crippen molar-refractivity contribution in [2.45, 2.75) is 44.8 Å². The Kier molecular flexibility index (Phi) is 6.08. The first-order valence-corrected chi connectivity index (χ1v) is 8.44. The first kappa shape index (κ1) is 19.3. The number of benzene rings is 1. The highest BCUT2D eigenvalue weighted by molar-refractivity contribution is 5.89. The van der Waals surface area contributed by atoms with Crippen LogP contribution in [0, 0.1) is 0 Å². The van der Waals surface area contributed by atoms with Gasteiger partial charge >= 0.3 is 6.18 Å². The highest BCUT2D eigenvalue weighted by atomic mass is 19.4. The Balaban J connectivity index is 2.14. The molecule has 0 aromatic heterocycles. The number of carbonyl (C=O) groups excluding carboxylic acids is 2. The van der Waals surface area contributed by atoms with Crippen LogP contribution in [0.1, 0.15) is 37.3 Å². The molecule has 4 nitrogen and oxygen atoms in total. The van der Waals surface area contributed by atoms with Crippen molar-refractivity contribution in [3.63, 3.8) is 0 Å². The molecule has 138 valence electrons. The van der Waals surface area contributed by atoms with Crippen LogP contribution in [0.25, 0.3) is 0 Å². The van der Waals surface area contributed by atoms with Gasteiger partial charge in [0.1, 0.15) is 6.04 Å². The molecule has 1 aromatic carbocycles. The van der Waals surface area contributed by atoms with Crippen molar-refractivity contribution in [2.75, 3.05) is 20.1 Å². The van der Waals surface area contributed by atoms with Gasteiger partial charge in [-0.15, -0.1) is 0 Å². The molecule has 0 radical (unpaired) electrons. The predicted molar refractivity (Wildman–Crippen MR) is 87.8 cm³/mol. The van der Waals surface area contributed by atoms with E-state index in [4.69, 9.17) is 0 Å².